The SMILES string of the molecule is CCCc1ccc2c(oc(=O)n2-c2ccc(OCc3ccccc3)nc2OCc2ccccc2)c1F. The highest BCUT2D eigenvalue weighted by molar-refractivity contribution is 5.77. The van der Waals surface area contributed by atoms with Crippen LogP contribution in [0.4, 0.5) is 4.39 Å². The Morgan fingerprint density at radius 1 is 0.861 bits per heavy atom. The average Bonchev–Trinajstić information content (AvgIpc) is 3.25. The molecule has 182 valence electrons. The molecule has 2 aromatic heterocycles. The van der Waals surface area contributed by atoms with Crippen LogP contribution >= 0.6 is 0 Å². The predicted octanol–water partition coefficient (Wildman–Crippen LogP) is 6.23. The van der Waals surface area contributed by atoms with E-state index in [0.29, 0.717) is 35.7 Å². The van der Waals surface area contributed by atoms with Crippen molar-refractivity contribution in [2.75, 3.05) is 0 Å². The molecule has 0 bridgehead atoms. The lowest BCUT2D eigenvalue weighted by molar-refractivity contribution is 0.267. The van der Waals surface area contributed by atoms with E-state index >= 15 is 4.39 Å². The van der Waals surface area contributed by atoms with Gasteiger partial charge in [-0.2, -0.15) is 4.98 Å². The minimum atomic E-state index is -0.720. The van der Waals surface area contributed by atoms with Crippen LogP contribution in [0.15, 0.2) is 94.1 Å². The smallest absolute Gasteiger partial charge is 0.424 e. The van der Waals surface area contributed by atoms with Crippen molar-refractivity contribution in [1.29, 1.82) is 0 Å². The Kier molecular flexibility index (Phi) is 6.80. The Labute approximate surface area is 207 Å². The summed E-state index contributed by atoms with van der Waals surface area (Å²) < 4.78 is 33.6. The first-order valence-electron chi connectivity index (χ1n) is 11.8. The van der Waals surface area contributed by atoms with Crippen molar-refractivity contribution in [1.82, 2.24) is 9.55 Å². The molecule has 7 heteroatoms. The highest BCUT2D eigenvalue weighted by Gasteiger charge is 2.21. The van der Waals surface area contributed by atoms with Crippen molar-refractivity contribution in [3.63, 3.8) is 0 Å². The fourth-order valence-corrected chi connectivity index (χ4v) is 4.01. The Hall–Kier alpha value is -4.39. The van der Waals surface area contributed by atoms with Gasteiger partial charge in [0.25, 0.3) is 0 Å². The second-order valence-electron chi connectivity index (χ2n) is 8.36. The summed E-state index contributed by atoms with van der Waals surface area (Å²) in [6, 6.07) is 26.0. The molecule has 2 heterocycles. The van der Waals surface area contributed by atoms with Crippen LogP contribution in [0.2, 0.25) is 0 Å². The van der Waals surface area contributed by atoms with Gasteiger partial charge in [0.1, 0.15) is 18.9 Å². The van der Waals surface area contributed by atoms with Gasteiger partial charge in [0.15, 0.2) is 11.4 Å². The molecule has 5 aromatic rings. The Balaban J connectivity index is 1.54. The fourth-order valence-electron chi connectivity index (χ4n) is 4.01. The van der Waals surface area contributed by atoms with E-state index in [2.05, 4.69) is 4.98 Å². The molecule has 5 rings (SSSR count). The number of benzene rings is 3. The molecule has 0 unspecified atom stereocenters. The van der Waals surface area contributed by atoms with Crippen molar-refractivity contribution < 1.29 is 18.3 Å². The highest BCUT2D eigenvalue weighted by Crippen LogP contribution is 2.29. The number of nitrogens with zero attached hydrogens (tertiary/aromatic N) is 2. The van der Waals surface area contributed by atoms with E-state index < -0.39 is 11.6 Å². The summed E-state index contributed by atoms with van der Waals surface area (Å²) in [5.74, 6) is -0.732. The summed E-state index contributed by atoms with van der Waals surface area (Å²) in [4.78, 5) is 17.4. The van der Waals surface area contributed by atoms with Crippen molar-refractivity contribution in [3.8, 4) is 17.4 Å². The number of fused-ring (bicyclic) bond motifs is 1. The lowest BCUT2D eigenvalue weighted by Crippen LogP contribution is -2.14. The Morgan fingerprint density at radius 3 is 2.19 bits per heavy atom. The standard InChI is InChI=1S/C29H25FN2O4/c1-2-9-22-14-15-23-27(26(22)30)36-29(33)32(23)24-16-17-25(34-18-20-10-5-3-6-11-20)31-28(24)35-19-21-12-7-4-8-13-21/h3-8,10-17H,2,9,18-19H2,1H3. The lowest BCUT2D eigenvalue weighted by Gasteiger charge is -2.13. The fraction of sp³-hybridized carbons (Fsp3) is 0.172. The van der Waals surface area contributed by atoms with E-state index in [-0.39, 0.29) is 18.1 Å². The van der Waals surface area contributed by atoms with Gasteiger partial charge in [-0.1, -0.05) is 80.1 Å². The molecule has 0 fully saturated rings. The van der Waals surface area contributed by atoms with Crippen LogP contribution in [-0.2, 0) is 19.6 Å². The molecule has 0 N–H and O–H groups in total. The first kappa shape index (κ1) is 23.4. The van der Waals surface area contributed by atoms with Gasteiger partial charge in [-0.15, -0.1) is 0 Å². The van der Waals surface area contributed by atoms with Gasteiger partial charge in [-0.3, -0.25) is 0 Å². The molecule has 0 aliphatic carbocycles. The molecule has 0 aliphatic heterocycles. The number of ether oxygens (including phenoxy) is 2. The zero-order valence-corrected chi connectivity index (χ0v) is 19.8. The van der Waals surface area contributed by atoms with E-state index in [9.17, 15) is 4.79 Å². The van der Waals surface area contributed by atoms with Crippen LogP contribution in [0.25, 0.3) is 16.8 Å². The molecule has 0 aliphatic rings. The molecule has 0 radical (unpaired) electrons. The predicted molar refractivity (Wildman–Crippen MR) is 135 cm³/mol. The summed E-state index contributed by atoms with van der Waals surface area (Å²) in [5, 5.41) is 0. The van der Waals surface area contributed by atoms with Crippen molar-refractivity contribution in [3.05, 3.63) is 118 Å². The third kappa shape index (κ3) is 4.86. The normalized spacial score (nSPS) is 11.1. The third-order valence-electron chi connectivity index (χ3n) is 5.79. The zero-order chi connectivity index (χ0) is 24.9. The number of oxazole rings is 1. The van der Waals surface area contributed by atoms with Crippen LogP contribution in [0.1, 0.15) is 30.0 Å². The minimum Gasteiger partial charge on any atom is -0.473 e. The Morgan fingerprint density at radius 2 is 1.53 bits per heavy atom. The maximum Gasteiger partial charge on any atom is 0.424 e. The number of hydrogen-bond acceptors (Lipinski definition) is 5. The topological polar surface area (TPSA) is 66.5 Å². The molecule has 36 heavy (non-hydrogen) atoms. The number of hydrogen-bond donors (Lipinski definition) is 0. The first-order chi connectivity index (χ1) is 17.6. The molecule has 0 atom stereocenters. The number of rotatable bonds is 9. The van der Waals surface area contributed by atoms with Gasteiger partial charge >= 0.3 is 5.76 Å². The van der Waals surface area contributed by atoms with Crippen LogP contribution in [-0.4, -0.2) is 9.55 Å². The van der Waals surface area contributed by atoms with Crippen LogP contribution in [0.3, 0.4) is 0 Å². The number of halogens is 1. The van der Waals surface area contributed by atoms with Crippen molar-refractivity contribution >= 4 is 11.1 Å². The van der Waals surface area contributed by atoms with Crippen molar-refractivity contribution in [2.24, 2.45) is 0 Å². The van der Waals surface area contributed by atoms with E-state index in [1.54, 1.807) is 24.3 Å². The molecular weight excluding hydrogens is 459 g/mol. The lowest BCUT2D eigenvalue weighted by atomic mass is 10.1. The summed E-state index contributed by atoms with van der Waals surface area (Å²) in [7, 11) is 0. The van der Waals surface area contributed by atoms with E-state index in [0.717, 1.165) is 17.5 Å². The van der Waals surface area contributed by atoms with E-state index in [1.165, 1.54) is 4.57 Å². The van der Waals surface area contributed by atoms with Gasteiger partial charge in [0.05, 0.1) is 5.52 Å². The van der Waals surface area contributed by atoms with Crippen LogP contribution in [0, 0.1) is 5.82 Å². The van der Waals surface area contributed by atoms with Crippen molar-refractivity contribution in [2.45, 2.75) is 33.0 Å². The molecule has 0 saturated carbocycles. The van der Waals surface area contributed by atoms with Gasteiger partial charge < -0.3 is 13.9 Å². The number of aromatic nitrogens is 2. The molecular formula is C29H25FN2O4. The first-order valence-corrected chi connectivity index (χ1v) is 11.8. The monoisotopic (exact) mass is 484 g/mol. The van der Waals surface area contributed by atoms with Gasteiger partial charge in [-0.25, -0.2) is 13.8 Å². The quantitative estimate of drug-likeness (QED) is 0.248. The second-order valence-corrected chi connectivity index (χ2v) is 8.36. The van der Waals surface area contributed by atoms with Crippen LogP contribution in [0.5, 0.6) is 11.8 Å². The van der Waals surface area contributed by atoms with Gasteiger partial charge in [0, 0.05) is 6.07 Å². The summed E-state index contributed by atoms with van der Waals surface area (Å²) in [5.41, 5.74) is 3.00. The average molecular weight is 485 g/mol. The summed E-state index contributed by atoms with van der Waals surface area (Å²) >= 11 is 0. The molecule has 6 nitrogen and oxygen atoms in total. The molecule has 3 aromatic carbocycles. The molecule has 0 spiro atoms. The van der Waals surface area contributed by atoms with Gasteiger partial charge in [0.2, 0.25) is 11.8 Å². The molecule has 0 saturated heterocycles. The maximum atomic E-state index is 15.0. The molecule has 0 amide bonds. The number of aryl methyl sites for hydroxylation is 1. The van der Waals surface area contributed by atoms with Gasteiger partial charge in [-0.05, 0) is 35.2 Å². The summed E-state index contributed by atoms with van der Waals surface area (Å²) in [6.45, 7) is 2.52. The van der Waals surface area contributed by atoms with E-state index in [4.69, 9.17) is 13.9 Å². The maximum absolute atomic E-state index is 15.0. The summed E-state index contributed by atoms with van der Waals surface area (Å²) in [6.07, 6.45) is 1.33. The zero-order valence-electron chi connectivity index (χ0n) is 19.8. The van der Waals surface area contributed by atoms with Crippen LogP contribution < -0.4 is 15.2 Å². The minimum absolute atomic E-state index is 0.0793. The Bertz CT molecular complexity index is 1530. The highest BCUT2D eigenvalue weighted by atomic mass is 19.1. The second kappa shape index (κ2) is 10.5. The third-order valence-corrected chi connectivity index (χ3v) is 5.79. The van der Waals surface area contributed by atoms with E-state index in [1.807, 2.05) is 67.6 Å². The largest absolute Gasteiger partial charge is 0.473 e. The number of pyridine rings is 1.